The van der Waals surface area contributed by atoms with Gasteiger partial charge in [-0.25, -0.2) is 9.97 Å². The fourth-order valence-electron chi connectivity index (χ4n) is 9.07. The first kappa shape index (κ1) is 55.7. The number of nitrogens with zero attached hydrogens (tertiary/aromatic N) is 7. The minimum atomic E-state index is -4.52. The van der Waals surface area contributed by atoms with Crippen LogP contribution < -0.4 is 40.2 Å². The standard InChI is InChI=1S/C62H64F3N11O4/c1-6-75(7-2)33-35-79-47-26-22-46(23-27-47)70-61-68-41-52(59(74-61)72-54-19-10-12-21-57(54)78-5)50-37-42(38-55-49(50)17-14-31-66-55)30-32-76(8-3)34-36-80-48-28-24-45(25-29-48)69-60-67-40-51(43-15-13-16-44(39-43)62(63,64)65)58(73-60)71-53-18-9-11-20-56(53)77-4/h9-29,31,37-41H,6-8,30,32-36H2,1-5H3,(H2,67,69,71,73)(H2,68,70,72,74). The van der Waals surface area contributed by atoms with E-state index in [0.717, 1.165) is 96.0 Å². The van der Waals surface area contributed by atoms with Crippen LogP contribution in [0.3, 0.4) is 0 Å². The summed E-state index contributed by atoms with van der Waals surface area (Å²) in [7, 11) is 3.19. The first-order valence-electron chi connectivity index (χ1n) is 26.5. The van der Waals surface area contributed by atoms with Crippen LogP contribution in [0.15, 0.2) is 164 Å². The maximum absolute atomic E-state index is 13.7. The summed E-state index contributed by atoms with van der Waals surface area (Å²) in [6.07, 6.45) is 1.37. The third-order valence-corrected chi connectivity index (χ3v) is 13.5. The van der Waals surface area contributed by atoms with Crippen LogP contribution in [-0.2, 0) is 12.6 Å². The number of hydrogen-bond donors (Lipinski definition) is 4. The van der Waals surface area contributed by atoms with Crippen LogP contribution in [0.25, 0.3) is 33.2 Å². The van der Waals surface area contributed by atoms with Gasteiger partial charge >= 0.3 is 6.18 Å². The number of rotatable bonds is 26. The highest BCUT2D eigenvalue weighted by molar-refractivity contribution is 5.98. The van der Waals surface area contributed by atoms with E-state index in [4.69, 9.17) is 38.9 Å². The molecule has 6 aromatic carbocycles. The molecule has 0 aliphatic carbocycles. The molecule has 0 aliphatic rings. The molecule has 0 fully saturated rings. The molecule has 0 bridgehead atoms. The number of methoxy groups -OCH3 is 2. The lowest BCUT2D eigenvalue weighted by Gasteiger charge is -2.21. The van der Waals surface area contributed by atoms with E-state index >= 15 is 0 Å². The van der Waals surface area contributed by atoms with Gasteiger partial charge in [0.25, 0.3) is 0 Å². The van der Waals surface area contributed by atoms with Crippen LogP contribution in [0.5, 0.6) is 23.0 Å². The second kappa shape index (κ2) is 26.6. The van der Waals surface area contributed by atoms with Crippen LogP contribution in [0.2, 0.25) is 0 Å². The summed E-state index contributed by atoms with van der Waals surface area (Å²) in [5.74, 6) is 4.21. The summed E-state index contributed by atoms with van der Waals surface area (Å²) in [5, 5.41) is 14.4. The molecule has 0 saturated heterocycles. The van der Waals surface area contributed by atoms with Crippen molar-refractivity contribution in [2.45, 2.75) is 33.4 Å². The van der Waals surface area contributed by atoms with Crippen molar-refractivity contribution in [3.63, 3.8) is 0 Å². The quantitative estimate of drug-likeness (QED) is 0.0406. The fourth-order valence-corrected chi connectivity index (χ4v) is 9.07. The zero-order valence-corrected chi connectivity index (χ0v) is 45.3. The van der Waals surface area contributed by atoms with Gasteiger partial charge in [0, 0.05) is 66.1 Å². The Hall–Kier alpha value is -9.00. The summed E-state index contributed by atoms with van der Waals surface area (Å²) in [6, 6.07) is 43.6. The third-order valence-electron chi connectivity index (χ3n) is 13.5. The summed E-state index contributed by atoms with van der Waals surface area (Å²) < 4.78 is 64.7. The summed E-state index contributed by atoms with van der Waals surface area (Å²) in [4.78, 5) is 28.6. The fraction of sp³-hybridized carbons (Fsp3) is 0.242. The molecule has 3 heterocycles. The average molecular weight is 1080 g/mol. The smallest absolute Gasteiger partial charge is 0.416 e. The van der Waals surface area contributed by atoms with E-state index in [-0.39, 0.29) is 11.8 Å². The largest absolute Gasteiger partial charge is 0.495 e. The predicted octanol–water partition coefficient (Wildman–Crippen LogP) is 13.8. The highest BCUT2D eigenvalue weighted by Crippen LogP contribution is 2.39. The molecule has 0 aliphatic heterocycles. The van der Waals surface area contributed by atoms with Crippen molar-refractivity contribution in [3.8, 4) is 45.3 Å². The molecule has 0 radical (unpaired) electrons. The first-order chi connectivity index (χ1) is 39.0. The molecule has 9 aromatic rings. The zero-order valence-electron chi connectivity index (χ0n) is 45.3. The molecule has 9 rings (SSSR count). The van der Waals surface area contributed by atoms with E-state index in [0.29, 0.717) is 71.3 Å². The Bertz CT molecular complexity index is 3470. The molecule has 0 amide bonds. The van der Waals surface area contributed by atoms with Crippen molar-refractivity contribution in [1.82, 2.24) is 34.7 Å². The number of benzene rings is 6. The van der Waals surface area contributed by atoms with Crippen molar-refractivity contribution in [1.29, 1.82) is 0 Å². The van der Waals surface area contributed by atoms with Crippen LogP contribution in [0, 0.1) is 0 Å². The van der Waals surface area contributed by atoms with Gasteiger partial charge in [0.05, 0.1) is 36.7 Å². The number of anilines is 8. The first-order valence-corrected chi connectivity index (χ1v) is 26.5. The van der Waals surface area contributed by atoms with Gasteiger partial charge in [0.15, 0.2) is 0 Å². The number of aromatic nitrogens is 5. The number of hydrogen-bond acceptors (Lipinski definition) is 15. The number of ether oxygens (including phenoxy) is 4. The minimum Gasteiger partial charge on any atom is -0.495 e. The highest BCUT2D eigenvalue weighted by Gasteiger charge is 2.31. The molecule has 15 nitrogen and oxygen atoms in total. The van der Waals surface area contributed by atoms with Crippen LogP contribution in [0.1, 0.15) is 31.9 Å². The maximum Gasteiger partial charge on any atom is 0.416 e. The summed E-state index contributed by atoms with van der Waals surface area (Å²) in [6.45, 7) is 12.6. The highest BCUT2D eigenvalue weighted by atomic mass is 19.4. The summed E-state index contributed by atoms with van der Waals surface area (Å²) >= 11 is 0. The molecule has 412 valence electrons. The van der Waals surface area contributed by atoms with Gasteiger partial charge in [-0.15, -0.1) is 0 Å². The van der Waals surface area contributed by atoms with Gasteiger partial charge in [0.2, 0.25) is 11.9 Å². The molecule has 18 heteroatoms. The molecule has 0 atom stereocenters. The maximum atomic E-state index is 13.7. The lowest BCUT2D eigenvalue weighted by molar-refractivity contribution is -0.137. The SMILES string of the molecule is CCN(CC)CCOc1ccc(Nc2ncc(-c3cc(CCN(CC)CCOc4ccc(Nc5ncc(-c6cccc(C(F)(F)F)c6)c(Nc6ccccc6OC)n5)cc4)cc4ncccc34)c(Nc3ccccc3OC)n2)cc1. The lowest BCUT2D eigenvalue weighted by Crippen LogP contribution is -2.30. The predicted molar refractivity (Wildman–Crippen MR) is 312 cm³/mol. The van der Waals surface area contributed by atoms with E-state index in [1.807, 2.05) is 103 Å². The second-order valence-corrected chi connectivity index (χ2v) is 18.6. The van der Waals surface area contributed by atoms with E-state index in [9.17, 15) is 13.2 Å². The Kier molecular flexibility index (Phi) is 18.5. The second-order valence-electron chi connectivity index (χ2n) is 18.6. The number of fused-ring (bicyclic) bond motifs is 1. The van der Waals surface area contributed by atoms with E-state index in [1.54, 1.807) is 25.3 Å². The lowest BCUT2D eigenvalue weighted by atomic mass is 9.97. The number of nitrogens with one attached hydrogen (secondary N) is 4. The van der Waals surface area contributed by atoms with E-state index in [2.05, 4.69) is 75.0 Å². The third kappa shape index (κ3) is 14.4. The molecule has 80 heavy (non-hydrogen) atoms. The van der Waals surface area contributed by atoms with Gasteiger partial charge in [0.1, 0.15) is 47.8 Å². The minimum absolute atomic E-state index is 0.231. The Labute approximate surface area is 464 Å². The molecule has 0 unspecified atom stereocenters. The molecule has 0 spiro atoms. The van der Waals surface area contributed by atoms with Gasteiger partial charge in [-0.05, 0) is 140 Å². The normalized spacial score (nSPS) is 11.4. The van der Waals surface area contributed by atoms with Crippen LogP contribution >= 0.6 is 0 Å². The van der Waals surface area contributed by atoms with Crippen molar-refractivity contribution < 1.29 is 32.1 Å². The van der Waals surface area contributed by atoms with Crippen LogP contribution in [-0.4, -0.2) is 101 Å². The van der Waals surface area contributed by atoms with Gasteiger partial charge in [-0.2, -0.15) is 23.1 Å². The number of para-hydroxylation sites is 4. The zero-order chi connectivity index (χ0) is 55.8. The van der Waals surface area contributed by atoms with Gasteiger partial charge in [-0.1, -0.05) is 69.3 Å². The van der Waals surface area contributed by atoms with E-state index < -0.39 is 11.7 Å². The summed E-state index contributed by atoms with van der Waals surface area (Å²) in [5.41, 5.74) is 6.44. The van der Waals surface area contributed by atoms with Crippen molar-refractivity contribution in [3.05, 3.63) is 175 Å². The molecule has 0 saturated carbocycles. The number of halogens is 3. The monoisotopic (exact) mass is 1080 g/mol. The van der Waals surface area contributed by atoms with Gasteiger partial charge in [-0.3, -0.25) is 9.88 Å². The van der Waals surface area contributed by atoms with Crippen molar-refractivity contribution in [2.75, 3.05) is 88.0 Å². The van der Waals surface area contributed by atoms with Crippen molar-refractivity contribution in [2.24, 2.45) is 0 Å². The molecule has 3 aromatic heterocycles. The van der Waals surface area contributed by atoms with Gasteiger partial charge < -0.3 is 45.1 Å². The molecular weight excluding hydrogens is 1020 g/mol. The molecular formula is C62H64F3N11O4. The molecule has 4 N–H and O–H groups in total. The Balaban J connectivity index is 0.864. The number of likely N-dealkylation sites (N-methyl/N-ethyl adjacent to an activating group) is 2. The Morgan fingerprint density at radius 3 is 1.62 bits per heavy atom. The average Bonchev–Trinajstić information content (AvgIpc) is 3.48. The van der Waals surface area contributed by atoms with Crippen molar-refractivity contribution >= 4 is 57.2 Å². The number of pyridine rings is 1. The Morgan fingerprint density at radius 1 is 0.512 bits per heavy atom. The van der Waals surface area contributed by atoms with Crippen LogP contribution in [0.4, 0.5) is 59.5 Å². The number of alkyl halides is 3. The topological polar surface area (TPSA) is 156 Å². The van der Waals surface area contributed by atoms with E-state index in [1.165, 1.54) is 19.4 Å². The Morgan fingerprint density at radius 2 is 1.06 bits per heavy atom.